The van der Waals surface area contributed by atoms with Crippen molar-refractivity contribution in [2.45, 2.75) is 33.1 Å². The number of nitrogens with zero attached hydrogens (tertiary/aromatic N) is 2. The van der Waals surface area contributed by atoms with Crippen LogP contribution in [-0.4, -0.2) is 39.7 Å². The molecule has 0 unspecified atom stereocenters. The topological polar surface area (TPSA) is 96.1 Å². The van der Waals surface area contributed by atoms with Gasteiger partial charge in [0.05, 0.1) is 0 Å². The first-order chi connectivity index (χ1) is 9.72. The van der Waals surface area contributed by atoms with Gasteiger partial charge in [-0.05, 0) is 25.5 Å². The number of rotatable bonds is 10. The van der Waals surface area contributed by atoms with Crippen molar-refractivity contribution in [2.24, 2.45) is 5.84 Å². The van der Waals surface area contributed by atoms with E-state index in [2.05, 4.69) is 27.6 Å². The van der Waals surface area contributed by atoms with Crippen LogP contribution in [0.4, 0.5) is 11.6 Å². The molecule has 1 aromatic heterocycles. The van der Waals surface area contributed by atoms with Crippen LogP contribution in [0, 0.1) is 6.92 Å². The van der Waals surface area contributed by atoms with E-state index >= 15 is 0 Å². The van der Waals surface area contributed by atoms with E-state index < -0.39 is 0 Å². The molecule has 20 heavy (non-hydrogen) atoms. The number of hydrogen-bond acceptors (Lipinski definition) is 7. The lowest BCUT2D eigenvalue weighted by atomic mass is 10.2. The number of aromatic nitrogens is 2. The molecule has 0 saturated heterocycles. The zero-order valence-corrected chi connectivity index (χ0v) is 13.1. The molecule has 114 valence electrons. The fraction of sp³-hybridized carbons (Fsp3) is 0.692. The van der Waals surface area contributed by atoms with Crippen LogP contribution in [0.2, 0.25) is 0 Å². The lowest BCUT2D eigenvalue weighted by Gasteiger charge is -2.13. The molecule has 1 rings (SSSR count). The molecule has 1 heterocycles. The summed E-state index contributed by atoms with van der Waals surface area (Å²) >= 11 is 1.82. The van der Waals surface area contributed by atoms with Crippen molar-refractivity contribution in [3.8, 4) is 0 Å². The SMILES string of the molecule is CCCc1nc(NN)c(C)c(NCCSCCCO)n1. The second kappa shape index (κ2) is 9.79. The van der Waals surface area contributed by atoms with Crippen LogP contribution < -0.4 is 16.6 Å². The van der Waals surface area contributed by atoms with Gasteiger partial charge in [0, 0.05) is 30.9 Å². The molecule has 0 saturated carbocycles. The minimum atomic E-state index is 0.261. The molecular formula is C13H25N5OS. The minimum Gasteiger partial charge on any atom is -0.396 e. The van der Waals surface area contributed by atoms with Gasteiger partial charge in [-0.1, -0.05) is 6.92 Å². The Morgan fingerprint density at radius 3 is 2.65 bits per heavy atom. The van der Waals surface area contributed by atoms with E-state index in [1.54, 1.807) is 0 Å². The Kier molecular flexibility index (Phi) is 8.32. The summed E-state index contributed by atoms with van der Waals surface area (Å²) in [6.45, 7) is 5.15. The number of anilines is 2. The first kappa shape index (κ1) is 17.0. The molecule has 0 aliphatic heterocycles. The maximum atomic E-state index is 8.71. The number of thioether (sulfide) groups is 1. The number of aliphatic hydroxyl groups is 1. The van der Waals surface area contributed by atoms with E-state index in [1.165, 1.54) is 0 Å². The molecule has 0 aliphatic rings. The fourth-order valence-electron chi connectivity index (χ4n) is 1.72. The van der Waals surface area contributed by atoms with Gasteiger partial charge in [0.1, 0.15) is 17.5 Å². The molecule has 0 spiro atoms. The Labute approximate surface area is 124 Å². The molecule has 0 fully saturated rings. The summed E-state index contributed by atoms with van der Waals surface area (Å²) in [6, 6.07) is 0. The standard InChI is InChI=1S/C13H25N5OS/c1-3-5-11-16-12(10(2)13(17-11)18-14)15-6-9-20-8-4-7-19/h19H,3-9,14H2,1-2H3,(H2,15,16,17,18). The molecule has 0 aliphatic carbocycles. The van der Waals surface area contributed by atoms with E-state index in [9.17, 15) is 0 Å². The highest BCUT2D eigenvalue weighted by Gasteiger charge is 2.09. The summed E-state index contributed by atoms with van der Waals surface area (Å²) < 4.78 is 0. The van der Waals surface area contributed by atoms with E-state index in [4.69, 9.17) is 10.9 Å². The Morgan fingerprint density at radius 2 is 2.00 bits per heavy atom. The van der Waals surface area contributed by atoms with Crippen LogP contribution >= 0.6 is 11.8 Å². The molecule has 0 radical (unpaired) electrons. The Morgan fingerprint density at radius 1 is 1.25 bits per heavy atom. The van der Waals surface area contributed by atoms with Gasteiger partial charge in [0.15, 0.2) is 0 Å². The Hall–Kier alpha value is -1.05. The highest BCUT2D eigenvalue weighted by molar-refractivity contribution is 7.99. The first-order valence-electron chi connectivity index (χ1n) is 6.99. The van der Waals surface area contributed by atoms with E-state index in [0.29, 0.717) is 5.82 Å². The third kappa shape index (κ3) is 5.52. The van der Waals surface area contributed by atoms with Gasteiger partial charge in [0.2, 0.25) is 0 Å². The highest BCUT2D eigenvalue weighted by atomic mass is 32.2. The number of nitrogens with two attached hydrogens (primary N) is 1. The average Bonchev–Trinajstić information content (AvgIpc) is 2.45. The van der Waals surface area contributed by atoms with E-state index in [1.807, 2.05) is 18.7 Å². The summed E-state index contributed by atoms with van der Waals surface area (Å²) in [4.78, 5) is 8.93. The van der Waals surface area contributed by atoms with E-state index in [0.717, 1.165) is 54.5 Å². The molecule has 6 nitrogen and oxygen atoms in total. The second-order valence-electron chi connectivity index (χ2n) is 4.47. The monoisotopic (exact) mass is 299 g/mol. The summed E-state index contributed by atoms with van der Waals surface area (Å²) in [5.74, 6) is 9.80. The highest BCUT2D eigenvalue weighted by Crippen LogP contribution is 2.19. The van der Waals surface area contributed by atoms with Crippen LogP contribution in [0.15, 0.2) is 0 Å². The van der Waals surface area contributed by atoms with Crippen molar-refractivity contribution in [3.63, 3.8) is 0 Å². The van der Waals surface area contributed by atoms with E-state index in [-0.39, 0.29) is 6.61 Å². The van der Waals surface area contributed by atoms with Crippen molar-refractivity contribution in [1.29, 1.82) is 0 Å². The van der Waals surface area contributed by atoms with Gasteiger partial charge < -0.3 is 15.8 Å². The molecule has 7 heteroatoms. The van der Waals surface area contributed by atoms with Crippen LogP contribution in [0.25, 0.3) is 0 Å². The normalized spacial score (nSPS) is 10.6. The van der Waals surface area contributed by atoms with Crippen molar-refractivity contribution >= 4 is 23.4 Å². The van der Waals surface area contributed by atoms with Crippen molar-refractivity contribution in [3.05, 3.63) is 11.4 Å². The molecule has 0 atom stereocenters. The molecule has 0 amide bonds. The maximum Gasteiger partial charge on any atom is 0.148 e. The van der Waals surface area contributed by atoms with Gasteiger partial charge in [-0.15, -0.1) is 0 Å². The maximum absolute atomic E-state index is 8.71. The smallest absolute Gasteiger partial charge is 0.148 e. The zero-order valence-electron chi connectivity index (χ0n) is 12.3. The van der Waals surface area contributed by atoms with Gasteiger partial charge in [-0.25, -0.2) is 15.8 Å². The first-order valence-corrected chi connectivity index (χ1v) is 8.15. The number of hydrogen-bond donors (Lipinski definition) is 4. The quantitative estimate of drug-likeness (QED) is 0.296. The number of nitrogens with one attached hydrogen (secondary N) is 2. The lowest BCUT2D eigenvalue weighted by molar-refractivity contribution is 0.296. The minimum absolute atomic E-state index is 0.261. The summed E-state index contributed by atoms with van der Waals surface area (Å²) in [5, 5.41) is 12.0. The largest absolute Gasteiger partial charge is 0.396 e. The van der Waals surface area contributed by atoms with Gasteiger partial charge in [-0.3, -0.25) is 0 Å². The van der Waals surface area contributed by atoms with Crippen molar-refractivity contribution in [1.82, 2.24) is 9.97 Å². The second-order valence-corrected chi connectivity index (χ2v) is 5.70. The van der Waals surface area contributed by atoms with Gasteiger partial charge >= 0.3 is 0 Å². The van der Waals surface area contributed by atoms with Crippen molar-refractivity contribution in [2.75, 3.05) is 35.4 Å². The number of aryl methyl sites for hydroxylation is 1. The predicted octanol–water partition coefficient (Wildman–Crippen LogP) is 1.55. The molecule has 5 N–H and O–H groups in total. The molecular weight excluding hydrogens is 274 g/mol. The number of nitrogen functional groups attached to an aromatic ring is 1. The average molecular weight is 299 g/mol. The summed E-state index contributed by atoms with van der Waals surface area (Å²) in [5.41, 5.74) is 3.57. The predicted molar refractivity (Wildman–Crippen MR) is 86.1 cm³/mol. The van der Waals surface area contributed by atoms with Crippen molar-refractivity contribution < 1.29 is 5.11 Å². The summed E-state index contributed by atoms with van der Waals surface area (Å²) in [7, 11) is 0. The Balaban J connectivity index is 2.56. The third-order valence-corrected chi connectivity index (χ3v) is 3.86. The third-order valence-electron chi connectivity index (χ3n) is 2.79. The molecule has 1 aromatic rings. The van der Waals surface area contributed by atoms with Crippen LogP contribution in [0.1, 0.15) is 31.2 Å². The van der Waals surface area contributed by atoms with Gasteiger partial charge in [0.25, 0.3) is 0 Å². The van der Waals surface area contributed by atoms with Crippen LogP contribution in [-0.2, 0) is 6.42 Å². The molecule has 0 aromatic carbocycles. The fourth-order valence-corrected chi connectivity index (χ4v) is 2.51. The number of hydrazine groups is 1. The van der Waals surface area contributed by atoms with Crippen LogP contribution in [0.3, 0.4) is 0 Å². The van der Waals surface area contributed by atoms with Gasteiger partial charge in [-0.2, -0.15) is 11.8 Å². The number of aliphatic hydroxyl groups excluding tert-OH is 1. The zero-order chi connectivity index (χ0) is 14.8. The Bertz CT molecular complexity index is 403. The lowest BCUT2D eigenvalue weighted by Crippen LogP contribution is -2.16. The van der Waals surface area contributed by atoms with Crippen LogP contribution in [0.5, 0.6) is 0 Å². The summed E-state index contributed by atoms with van der Waals surface area (Å²) in [6.07, 6.45) is 2.69. The molecule has 0 bridgehead atoms.